The number of carbonyl (C=O) groups is 1. The Bertz CT molecular complexity index is 1170. The van der Waals surface area contributed by atoms with Gasteiger partial charge < -0.3 is 4.57 Å². The van der Waals surface area contributed by atoms with E-state index in [1.807, 2.05) is 22.9 Å². The van der Waals surface area contributed by atoms with Crippen molar-refractivity contribution in [2.75, 3.05) is 4.90 Å². The third-order valence-corrected chi connectivity index (χ3v) is 5.80. The van der Waals surface area contributed by atoms with Crippen molar-refractivity contribution in [1.82, 2.24) is 4.57 Å². The lowest BCUT2D eigenvalue weighted by molar-refractivity contribution is -0.384. The number of benzene rings is 2. The van der Waals surface area contributed by atoms with Crippen LogP contribution in [-0.4, -0.2) is 19.7 Å². The molecule has 6 nitrogen and oxygen atoms in total. The van der Waals surface area contributed by atoms with Gasteiger partial charge in [-0.15, -0.1) is 0 Å². The molecule has 29 heavy (non-hydrogen) atoms. The second-order valence-corrected chi connectivity index (χ2v) is 8.19. The predicted octanol–water partition coefficient (Wildman–Crippen LogP) is 5.44. The summed E-state index contributed by atoms with van der Waals surface area (Å²) in [4.78, 5) is 25.3. The molecule has 3 aromatic rings. The van der Waals surface area contributed by atoms with Gasteiger partial charge in [-0.05, 0) is 48.5 Å². The van der Waals surface area contributed by atoms with Crippen molar-refractivity contribution in [2.24, 2.45) is 0 Å². The van der Waals surface area contributed by atoms with Gasteiger partial charge in [-0.2, -0.15) is 0 Å². The summed E-state index contributed by atoms with van der Waals surface area (Å²) >= 11 is 12.6. The Morgan fingerprint density at radius 1 is 1.07 bits per heavy atom. The molecule has 0 saturated carbocycles. The fraction of sp³-hybridized carbons (Fsp3) is 0. The minimum absolute atomic E-state index is 0.0184. The van der Waals surface area contributed by atoms with Gasteiger partial charge in [0.15, 0.2) is 4.32 Å². The number of hydrogen-bond acceptors (Lipinski definition) is 5. The molecular weight excluding hydrogens is 430 g/mol. The largest absolute Gasteiger partial charge is 0.317 e. The van der Waals surface area contributed by atoms with E-state index in [0.717, 1.165) is 11.4 Å². The van der Waals surface area contributed by atoms with Gasteiger partial charge >= 0.3 is 0 Å². The van der Waals surface area contributed by atoms with Crippen molar-refractivity contribution in [3.63, 3.8) is 0 Å². The Hall–Kier alpha value is -2.94. The molecule has 1 fully saturated rings. The summed E-state index contributed by atoms with van der Waals surface area (Å²) in [6.07, 6.45) is 3.58. The van der Waals surface area contributed by atoms with Gasteiger partial charge in [-0.3, -0.25) is 19.8 Å². The number of halogens is 1. The maximum atomic E-state index is 12.9. The van der Waals surface area contributed by atoms with Crippen molar-refractivity contribution in [3.05, 3.63) is 92.6 Å². The van der Waals surface area contributed by atoms with Crippen molar-refractivity contribution in [1.29, 1.82) is 0 Å². The van der Waals surface area contributed by atoms with Crippen molar-refractivity contribution in [3.8, 4) is 5.69 Å². The number of thioether (sulfide) groups is 1. The second-order valence-electron chi connectivity index (χ2n) is 6.07. The SMILES string of the molecule is O=C1/C(=C\c2cccn2-c2ccc([N+](=O)[O-])cc2)SC(=S)N1c1cccc(Cl)c1. The van der Waals surface area contributed by atoms with E-state index in [1.54, 1.807) is 42.5 Å². The highest BCUT2D eigenvalue weighted by Gasteiger charge is 2.33. The number of nitro groups is 1. The first-order valence-electron chi connectivity index (χ1n) is 8.40. The lowest BCUT2D eigenvalue weighted by Gasteiger charge is -2.14. The van der Waals surface area contributed by atoms with Gasteiger partial charge in [-0.25, -0.2) is 0 Å². The maximum absolute atomic E-state index is 12.9. The number of hydrogen-bond donors (Lipinski definition) is 0. The van der Waals surface area contributed by atoms with E-state index >= 15 is 0 Å². The number of thiocarbonyl (C=S) groups is 1. The van der Waals surface area contributed by atoms with Crippen molar-refractivity contribution < 1.29 is 9.72 Å². The Balaban J connectivity index is 1.66. The fourth-order valence-electron chi connectivity index (χ4n) is 2.92. The van der Waals surface area contributed by atoms with Crippen LogP contribution < -0.4 is 4.90 Å². The lowest BCUT2D eigenvalue weighted by Crippen LogP contribution is -2.27. The molecule has 1 aliphatic rings. The quantitative estimate of drug-likeness (QED) is 0.233. The Morgan fingerprint density at radius 2 is 1.83 bits per heavy atom. The van der Waals surface area contributed by atoms with Crippen LogP contribution in [0.5, 0.6) is 0 Å². The molecule has 4 rings (SSSR count). The first-order valence-corrected chi connectivity index (χ1v) is 10.00. The molecule has 1 amide bonds. The summed E-state index contributed by atoms with van der Waals surface area (Å²) in [5.41, 5.74) is 2.14. The number of nitro benzene ring substituents is 1. The molecule has 9 heteroatoms. The topological polar surface area (TPSA) is 68.4 Å². The van der Waals surface area contributed by atoms with E-state index in [-0.39, 0.29) is 11.6 Å². The molecule has 0 N–H and O–H groups in total. The van der Waals surface area contributed by atoms with Crippen LogP contribution in [0.4, 0.5) is 11.4 Å². The molecule has 144 valence electrons. The van der Waals surface area contributed by atoms with Crippen LogP contribution in [0.3, 0.4) is 0 Å². The Morgan fingerprint density at radius 3 is 2.52 bits per heavy atom. The molecule has 1 saturated heterocycles. The van der Waals surface area contributed by atoms with Crippen LogP contribution in [0, 0.1) is 10.1 Å². The second kappa shape index (κ2) is 7.82. The first kappa shape index (κ1) is 19.4. The minimum atomic E-state index is -0.443. The summed E-state index contributed by atoms with van der Waals surface area (Å²) in [6.45, 7) is 0. The van der Waals surface area contributed by atoms with Crippen LogP contribution >= 0.6 is 35.6 Å². The van der Waals surface area contributed by atoms with Crippen LogP contribution in [0.1, 0.15) is 5.69 Å². The van der Waals surface area contributed by atoms with Gasteiger partial charge in [0.1, 0.15) is 0 Å². The van der Waals surface area contributed by atoms with E-state index in [0.29, 0.717) is 19.9 Å². The Labute approximate surface area is 180 Å². The Kier molecular flexibility index (Phi) is 5.23. The number of carbonyl (C=O) groups excluding carboxylic acids is 1. The summed E-state index contributed by atoms with van der Waals surface area (Å²) in [5.74, 6) is -0.223. The zero-order chi connectivity index (χ0) is 20.5. The smallest absolute Gasteiger partial charge is 0.270 e. The zero-order valence-corrected chi connectivity index (χ0v) is 17.1. The fourth-order valence-corrected chi connectivity index (χ4v) is 4.39. The number of rotatable bonds is 4. The first-order chi connectivity index (χ1) is 13.9. The average molecular weight is 442 g/mol. The van der Waals surface area contributed by atoms with Gasteiger partial charge in [-0.1, -0.05) is 41.6 Å². The molecule has 0 bridgehead atoms. The maximum Gasteiger partial charge on any atom is 0.270 e. The molecule has 2 aromatic carbocycles. The predicted molar refractivity (Wildman–Crippen MR) is 120 cm³/mol. The van der Waals surface area contributed by atoms with Crippen LogP contribution in [0.25, 0.3) is 11.8 Å². The third kappa shape index (κ3) is 3.82. The molecule has 0 spiro atoms. The number of anilines is 1. The van der Waals surface area contributed by atoms with E-state index in [1.165, 1.54) is 28.8 Å². The number of aromatic nitrogens is 1. The molecular formula is C20H12ClN3O3S2. The molecule has 0 unspecified atom stereocenters. The van der Waals surface area contributed by atoms with Gasteiger partial charge in [0, 0.05) is 34.7 Å². The molecule has 2 heterocycles. The van der Waals surface area contributed by atoms with Crippen LogP contribution in [-0.2, 0) is 4.79 Å². The highest BCUT2D eigenvalue weighted by molar-refractivity contribution is 8.27. The molecule has 1 aliphatic heterocycles. The average Bonchev–Trinajstić information content (AvgIpc) is 3.26. The number of amides is 1. The summed E-state index contributed by atoms with van der Waals surface area (Å²) in [5, 5.41) is 11.4. The van der Waals surface area contributed by atoms with E-state index in [4.69, 9.17) is 23.8 Å². The van der Waals surface area contributed by atoms with Gasteiger partial charge in [0.2, 0.25) is 0 Å². The van der Waals surface area contributed by atoms with Gasteiger partial charge in [0.05, 0.1) is 15.5 Å². The summed E-state index contributed by atoms with van der Waals surface area (Å²) < 4.78 is 2.27. The minimum Gasteiger partial charge on any atom is -0.317 e. The standard InChI is InChI=1S/C20H12ClN3O3S2/c21-13-3-1-4-17(11-13)23-19(25)18(29-20(23)28)12-16-5-2-10-22(16)14-6-8-15(9-7-14)24(26)27/h1-12H/b18-12+. The number of non-ortho nitro benzene ring substituents is 1. The summed E-state index contributed by atoms with van der Waals surface area (Å²) in [7, 11) is 0. The molecule has 0 atom stereocenters. The van der Waals surface area contributed by atoms with E-state index in [2.05, 4.69) is 0 Å². The monoisotopic (exact) mass is 441 g/mol. The van der Waals surface area contributed by atoms with Crippen LogP contribution in [0.2, 0.25) is 5.02 Å². The summed E-state index contributed by atoms with van der Waals surface area (Å²) in [6, 6.07) is 16.9. The normalized spacial score (nSPS) is 15.3. The van der Waals surface area contributed by atoms with Crippen molar-refractivity contribution in [2.45, 2.75) is 0 Å². The lowest BCUT2D eigenvalue weighted by atomic mass is 10.2. The highest BCUT2D eigenvalue weighted by Crippen LogP contribution is 2.37. The molecule has 1 aromatic heterocycles. The van der Waals surface area contributed by atoms with E-state index < -0.39 is 4.92 Å². The van der Waals surface area contributed by atoms with Crippen molar-refractivity contribution >= 4 is 63.3 Å². The van der Waals surface area contributed by atoms with E-state index in [9.17, 15) is 14.9 Å². The molecule has 0 radical (unpaired) electrons. The highest BCUT2D eigenvalue weighted by atomic mass is 35.5. The van der Waals surface area contributed by atoms with Gasteiger partial charge in [0.25, 0.3) is 11.6 Å². The van der Waals surface area contributed by atoms with Crippen LogP contribution in [0.15, 0.2) is 71.8 Å². The zero-order valence-electron chi connectivity index (χ0n) is 14.7. The molecule has 0 aliphatic carbocycles. The third-order valence-electron chi connectivity index (χ3n) is 4.26. The number of nitrogens with zero attached hydrogens (tertiary/aromatic N) is 3.